The van der Waals surface area contributed by atoms with Crippen molar-refractivity contribution in [3.05, 3.63) is 23.8 Å². The quantitative estimate of drug-likeness (QED) is 0.890. The fourth-order valence-electron chi connectivity index (χ4n) is 6.19. The molecule has 124 valence electrons. The van der Waals surface area contributed by atoms with Gasteiger partial charge >= 0.3 is 5.97 Å². The van der Waals surface area contributed by atoms with Crippen LogP contribution in [0.2, 0.25) is 0 Å². The molecule has 1 aromatic rings. The molecule has 0 radical (unpaired) electrons. The van der Waals surface area contributed by atoms with E-state index >= 15 is 0 Å². The van der Waals surface area contributed by atoms with E-state index in [9.17, 15) is 15.0 Å². The zero-order chi connectivity index (χ0) is 16.2. The lowest BCUT2D eigenvalue weighted by Gasteiger charge is -2.60. The number of phenolic OH excluding ortho intramolecular Hbond substituents is 1. The number of hydrogen-bond acceptors (Lipinski definition) is 3. The topological polar surface area (TPSA) is 66.8 Å². The number of phenols is 1. The highest BCUT2D eigenvalue weighted by atomic mass is 16.5. The minimum absolute atomic E-state index is 0.101. The summed E-state index contributed by atoms with van der Waals surface area (Å²) in [5, 5.41) is 19.8. The number of carbonyl (C=O) groups is 1. The number of aromatic hydroxyl groups is 1. The summed E-state index contributed by atoms with van der Waals surface area (Å²) in [6, 6.07) is 5.59. The van der Waals surface area contributed by atoms with Gasteiger partial charge in [-0.15, -0.1) is 0 Å². The minimum atomic E-state index is -0.589. The zero-order valence-corrected chi connectivity index (χ0v) is 13.5. The summed E-state index contributed by atoms with van der Waals surface area (Å²) in [5.41, 5.74) is 0.702. The molecule has 23 heavy (non-hydrogen) atoms. The third kappa shape index (κ3) is 2.30. The molecule has 0 amide bonds. The number of ether oxygens (including phenoxy) is 1. The number of aliphatic carboxylic acids is 1. The summed E-state index contributed by atoms with van der Waals surface area (Å²) in [5.74, 6) is 1.20. The first kappa shape index (κ1) is 14.9. The number of rotatable bonds is 4. The van der Waals surface area contributed by atoms with Crippen LogP contribution in [-0.2, 0) is 11.2 Å². The lowest BCUT2D eigenvalue weighted by Crippen LogP contribution is -2.55. The molecule has 4 aliphatic carbocycles. The van der Waals surface area contributed by atoms with Crippen LogP contribution < -0.4 is 4.74 Å². The van der Waals surface area contributed by atoms with Crippen LogP contribution in [0.25, 0.3) is 0 Å². The van der Waals surface area contributed by atoms with Crippen LogP contribution in [0.15, 0.2) is 18.2 Å². The molecule has 2 N–H and O–H groups in total. The van der Waals surface area contributed by atoms with E-state index in [4.69, 9.17) is 4.74 Å². The first-order valence-corrected chi connectivity index (χ1v) is 8.53. The molecule has 0 saturated heterocycles. The summed E-state index contributed by atoms with van der Waals surface area (Å²) >= 11 is 0. The van der Waals surface area contributed by atoms with Gasteiger partial charge in [-0.05, 0) is 79.9 Å². The van der Waals surface area contributed by atoms with Crippen LogP contribution in [0.3, 0.4) is 0 Å². The van der Waals surface area contributed by atoms with Gasteiger partial charge < -0.3 is 14.9 Å². The van der Waals surface area contributed by atoms with Crippen LogP contribution in [0.4, 0.5) is 0 Å². The standard InChI is InChI=1S/C19H24O4/c1-23-16-3-2-12(5-15(16)20)6-18-7-13-4-14(8-18)10-19(9-13,11-18)17(21)22/h2-3,5,13-14,20H,4,6-11H2,1H3,(H,21,22). The Morgan fingerprint density at radius 3 is 2.52 bits per heavy atom. The van der Waals surface area contributed by atoms with Crippen molar-refractivity contribution in [1.29, 1.82) is 0 Å². The largest absolute Gasteiger partial charge is 0.504 e. The Hall–Kier alpha value is -1.71. The van der Waals surface area contributed by atoms with E-state index in [0.717, 1.165) is 44.1 Å². The highest BCUT2D eigenvalue weighted by Crippen LogP contribution is 2.66. The molecule has 1 aromatic carbocycles. The van der Waals surface area contributed by atoms with Crippen molar-refractivity contribution in [3.63, 3.8) is 0 Å². The number of benzene rings is 1. The predicted octanol–water partition coefficient (Wildman–Crippen LogP) is 3.61. The van der Waals surface area contributed by atoms with Crippen molar-refractivity contribution in [2.45, 2.75) is 44.9 Å². The molecule has 0 aromatic heterocycles. The van der Waals surface area contributed by atoms with Gasteiger partial charge in [0.2, 0.25) is 0 Å². The molecule has 0 spiro atoms. The Labute approximate surface area is 136 Å². The average Bonchev–Trinajstić information content (AvgIpc) is 2.45. The predicted molar refractivity (Wildman–Crippen MR) is 85.5 cm³/mol. The van der Waals surface area contributed by atoms with Crippen LogP contribution >= 0.6 is 0 Å². The van der Waals surface area contributed by atoms with Gasteiger partial charge in [-0.1, -0.05) is 6.07 Å². The Balaban J connectivity index is 1.63. The van der Waals surface area contributed by atoms with Crippen LogP contribution in [0.5, 0.6) is 11.5 Å². The summed E-state index contributed by atoms with van der Waals surface area (Å²) in [6.45, 7) is 0. The first-order valence-electron chi connectivity index (χ1n) is 8.53. The maximum absolute atomic E-state index is 11.9. The maximum Gasteiger partial charge on any atom is 0.309 e. The van der Waals surface area contributed by atoms with Crippen molar-refractivity contribution >= 4 is 5.97 Å². The normalized spacial score (nSPS) is 37.8. The van der Waals surface area contributed by atoms with E-state index < -0.39 is 11.4 Å². The lowest BCUT2D eigenvalue weighted by molar-refractivity contribution is -0.174. The van der Waals surface area contributed by atoms with Gasteiger partial charge in [-0.25, -0.2) is 0 Å². The van der Waals surface area contributed by atoms with Crippen molar-refractivity contribution in [2.75, 3.05) is 7.11 Å². The molecule has 4 saturated carbocycles. The van der Waals surface area contributed by atoms with E-state index in [1.807, 2.05) is 6.07 Å². The minimum Gasteiger partial charge on any atom is -0.504 e. The number of methoxy groups -OCH3 is 1. The van der Waals surface area contributed by atoms with Crippen LogP contribution in [-0.4, -0.2) is 23.3 Å². The summed E-state index contributed by atoms with van der Waals surface area (Å²) in [7, 11) is 1.55. The third-order valence-electron chi connectivity index (χ3n) is 6.46. The van der Waals surface area contributed by atoms with Crippen LogP contribution in [0, 0.1) is 22.7 Å². The molecule has 0 aliphatic heterocycles. The van der Waals surface area contributed by atoms with Gasteiger partial charge in [0.1, 0.15) is 0 Å². The second-order valence-electron chi connectivity index (χ2n) is 8.23. The molecule has 4 nitrogen and oxygen atoms in total. The van der Waals surface area contributed by atoms with Crippen molar-refractivity contribution < 1.29 is 19.7 Å². The third-order valence-corrected chi connectivity index (χ3v) is 6.46. The fraction of sp³-hybridized carbons (Fsp3) is 0.632. The highest BCUT2D eigenvalue weighted by molar-refractivity contribution is 5.75. The average molecular weight is 316 g/mol. The number of hydrogen-bond donors (Lipinski definition) is 2. The SMILES string of the molecule is COc1ccc(CC23CC4CC(C2)CC(C(=O)O)(C4)C3)cc1O. The molecule has 4 aliphatic rings. The van der Waals surface area contributed by atoms with E-state index in [1.165, 1.54) is 6.42 Å². The van der Waals surface area contributed by atoms with E-state index in [1.54, 1.807) is 19.2 Å². The maximum atomic E-state index is 11.9. The summed E-state index contributed by atoms with van der Waals surface area (Å²) in [4.78, 5) is 11.9. The molecular formula is C19H24O4. The molecule has 4 bridgehead atoms. The first-order chi connectivity index (χ1) is 10.9. The molecule has 2 unspecified atom stereocenters. The van der Waals surface area contributed by atoms with Gasteiger partial charge in [-0.3, -0.25) is 4.79 Å². The van der Waals surface area contributed by atoms with E-state index in [-0.39, 0.29) is 11.2 Å². The molecule has 0 heterocycles. The second-order valence-corrected chi connectivity index (χ2v) is 8.23. The Morgan fingerprint density at radius 2 is 1.96 bits per heavy atom. The number of carboxylic acids is 1. The van der Waals surface area contributed by atoms with Gasteiger partial charge in [0.05, 0.1) is 12.5 Å². The lowest BCUT2D eigenvalue weighted by atomic mass is 9.43. The Bertz CT molecular complexity index is 637. The van der Waals surface area contributed by atoms with Crippen LogP contribution in [0.1, 0.15) is 44.1 Å². The molecule has 4 heteroatoms. The molecule has 4 fully saturated rings. The van der Waals surface area contributed by atoms with Gasteiger partial charge in [-0.2, -0.15) is 0 Å². The van der Waals surface area contributed by atoms with Crippen molar-refractivity contribution in [2.24, 2.45) is 22.7 Å². The summed E-state index contributed by atoms with van der Waals surface area (Å²) in [6.07, 6.45) is 6.91. The Morgan fingerprint density at radius 1 is 1.26 bits per heavy atom. The number of carboxylic acid groups (broad SMARTS) is 1. The van der Waals surface area contributed by atoms with Crippen molar-refractivity contribution in [3.8, 4) is 11.5 Å². The van der Waals surface area contributed by atoms with Gasteiger partial charge in [0.15, 0.2) is 11.5 Å². The fourth-order valence-corrected chi connectivity index (χ4v) is 6.19. The van der Waals surface area contributed by atoms with E-state index in [0.29, 0.717) is 17.6 Å². The smallest absolute Gasteiger partial charge is 0.309 e. The summed E-state index contributed by atoms with van der Waals surface area (Å²) < 4.78 is 5.11. The molecule has 2 atom stereocenters. The Kier molecular flexibility index (Phi) is 3.16. The van der Waals surface area contributed by atoms with Gasteiger partial charge in [0, 0.05) is 0 Å². The molecule has 5 rings (SSSR count). The monoisotopic (exact) mass is 316 g/mol. The van der Waals surface area contributed by atoms with E-state index in [2.05, 4.69) is 0 Å². The zero-order valence-electron chi connectivity index (χ0n) is 13.5. The second kappa shape index (κ2) is 4.89. The highest BCUT2D eigenvalue weighted by Gasteiger charge is 2.60. The molecular weight excluding hydrogens is 292 g/mol. The van der Waals surface area contributed by atoms with Crippen molar-refractivity contribution in [1.82, 2.24) is 0 Å². The van der Waals surface area contributed by atoms with Gasteiger partial charge in [0.25, 0.3) is 0 Å².